The number of nitrogens with zero attached hydrogens (tertiary/aromatic N) is 1. The highest BCUT2D eigenvalue weighted by atomic mass is 16.5. The van der Waals surface area contributed by atoms with Crippen molar-refractivity contribution in [3.05, 3.63) is 89.5 Å². The summed E-state index contributed by atoms with van der Waals surface area (Å²) in [4.78, 5) is 16.5. The van der Waals surface area contributed by atoms with E-state index in [-0.39, 0.29) is 12.2 Å². The summed E-state index contributed by atoms with van der Waals surface area (Å²) in [6, 6.07) is 24.3. The van der Waals surface area contributed by atoms with Crippen LogP contribution in [0.25, 0.3) is 0 Å². The Hall–Kier alpha value is -3.84. The van der Waals surface area contributed by atoms with Gasteiger partial charge in [-0.1, -0.05) is 74.2 Å². The molecule has 0 aliphatic carbocycles. The largest absolute Gasteiger partial charge is 0.493 e. The van der Waals surface area contributed by atoms with E-state index in [2.05, 4.69) is 34.6 Å². The monoisotopic (exact) mass is 573 g/mol. The third-order valence-electron chi connectivity index (χ3n) is 7.32. The predicted octanol–water partition coefficient (Wildman–Crippen LogP) is 6.51. The number of aryl methyl sites for hydroxylation is 2. The molecule has 4 N–H and O–H groups in total. The van der Waals surface area contributed by atoms with E-state index in [9.17, 15) is 9.90 Å². The molecule has 7 nitrogen and oxygen atoms in total. The van der Waals surface area contributed by atoms with Crippen LogP contribution >= 0.6 is 0 Å². The molecule has 0 saturated carbocycles. The molecule has 3 aromatic carbocycles. The van der Waals surface area contributed by atoms with Gasteiger partial charge in [-0.2, -0.15) is 0 Å². The molecule has 0 heterocycles. The van der Waals surface area contributed by atoms with E-state index in [4.69, 9.17) is 15.2 Å². The number of ketones is 1. The fourth-order valence-corrected chi connectivity index (χ4v) is 4.91. The van der Waals surface area contributed by atoms with Crippen molar-refractivity contribution in [2.45, 2.75) is 76.7 Å². The minimum absolute atomic E-state index is 0.0912. The number of carbonyl (C=O) groups is 1. The van der Waals surface area contributed by atoms with Crippen LogP contribution in [-0.4, -0.2) is 43.7 Å². The number of anilines is 1. The fourth-order valence-electron chi connectivity index (χ4n) is 4.91. The molecule has 3 rings (SSSR count). The maximum atomic E-state index is 12.5. The van der Waals surface area contributed by atoms with Crippen molar-refractivity contribution in [1.82, 2.24) is 0 Å². The quantitative estimate of drug-likeness (QED) is 0.0858. The average molecular weight is 574 g/mol. The molecule has 0 radical (unpaired) electrons. The van der Waals surface area contributed by atoms with Crippen molar-refractivity contribution >= 4 is 17.4 Å². The normalized spacial score (nSPS) is 12.1. The summed E-state index contributed by atoms with van der Waals surface area (Å²) in [5.41, 5.74) is 10.2. The first kappa shape index (κ1) is 32.7. The molecule has 0 spiro atoms. The number of hydrogen-bond donors (Lipinski definition) is 3. The molecule has 0 aliphatic heterocycles. The second-order valence-electron chi connectivity index (χ2n) is 10.7. The van der Waals surface area contributed by atoms with Crippen LogP contribution in [0.15, 0.2) is 77.8 Å². The average Bonchev–Trinajstić information content (AvgIpc) is 3.00. The van der Waals surface area contributed by atoms with Crippen LogP contribution in [0, 0.1) is 0 Å². The van der Waals surface area contributed by atoms with Gasteiger partial charge < -0.3 is 25.6 Å². The number of aliphatic hydroxyl groups is 1. The molecular weight excluding hydrogens is 526 g/mol. The standard InChI is InChI=1S/C35H47N3O4/c1-37-35(36)38-30-16-11-15-28(24-30)14-7-4-3-5-10-17-31(39)26-32(40)20-18-29-19-21-33(41-2)34(25-29)42-23-22-27-12-8-6-9-13-27/h6,8-9,11-13,15-16,19,21,24-25,31,39H,3-5,7,10,14,17-18,20,22-23,26H2,1-2H3,(H3,36,37,38)/t31-/m0/s1. The number of hydrogen-bond acceptors (Lipinski definition) is 5. The summed E-state index contributed by atoms with van der Waals surface area (Å²) in [5.74, 6) is 1.87. The number of nitrogens with one attached hydrogen (secondary N) is 1. The Balaban J connectivity index is 1.28. The van der Waals surface area contributed by atoms with Crippen LogP contribution in [0.1, 0.15) is 68.1 Å². The lowest BCUT2D eigenvalue weighted by Crippen LogP contribution is -2.21. The van der Waals surface area contributed by atoms with Crippen LogP contribution < -0.4 is 20.5 Å². The van der Waals surface area contributed by atoms with Crippen LogP contribution in [0.4, 0.5) is 5.69 Å². The zero-order valence-corrected chi connectivity index (χ0v) is 25.2. The highest BCUT2D eigenvalue weighted by Gasteiger charge is 2.12. The summed E-state index contributed by atoms with van der Waals surface area (Å²) in [6.07, 6.45) is 8.55. The van der Waals surface area contributed by atoms with E-state index < -0.39 is 6.10 Å². The van der Waals surface area contributed by atoms with Gasteiger partial charge in [0.1, 0.15) is 5.78 Å². The zero-order chi connectivity index (χ0) is 30.0. The van der Waals surface area contributed by atoms with Crippen molar-refractivity contribution in [2.75, 3.05) is 26.1 Å². The summed E-state index contributed by atoms with van der Waals surface area (Å²) in [7, 11) is 3.29. The van der Waals surface area contributed by atoms with E-state index >= 15 is 0 Å². The molecule has 7 heteroatoms. The zero-order valence-electron chi connectivity index (χ0n) is 25.2. The van der Waals surface area contributed by atoms with E-state index in [1.165, 1.54) is 11.1 Å². The third-order valence-corrected chi connectivity index (χ3v) is 7.32. The molecule has 1 atom stereocenters. The van der Waals surface area contributed by atoms with E-state index in [1.807, 2.05) is 48.5 Å². The molecule has 42 heavy (non-hydrogen) atoms. The molecule has 0 aliphatic rings. The molecule has 226 valence electrons. The van der Waals surface area contributed by atoms with Gasteiger partial charge in [0.25, 0.3) is 0 Å². The molecule has 3 aromatic rings. The molecule has 0 amide bonds. The van der Waals surface area contributed by atoms with Crippen LogP contribution in [-0.2, 0) is 24.1 Å². The maximum Gasteiger partial charge on any atom is 0.192 e. The number of unbranched alkanes of at least 4 members (excludes halogenated alkanes) is 4. The molecule has 0 bridgehead atoms. The van der Waals surface area contributed by atoms with Gasteiger partial charge in [-0.05, 0) is 66.6 Å². The Morgan fingerprint density at radius 1 is 0.857 bits per heavy atom. The number of carbonyl (C=O) groups excluding carboxylic acids is 1. The van der Waals surface area contributed by atoms with Gasteiger partial charge in [-0.3, -0.25) is 9.79 Å². The van der Waals surface area contributed by atoms with E-state index in [0.717, 1.165) is 56.2 Å². The Bertz CT molecular complexity index is 1250. The van der Waals surface area contributed by atoms with Crippen molar-refractivity contribution in [1.29, 1.82) is 0 Å². The summed E-state index contributed by atoms with van der Waals surface area (Å²) < 4.78 is 11.5. The number of methoxy groups -OCH3 is 1. The first-order valence-corrected chi connectivity index (χ1v) is 15.1. The maximum absolute atomic E-state index is 12.5. The van der Waals surface area contributed by atoms with Gasteiger partial charge in [-0.15, -0.1) is 0 Å². The second-order valence-corrected chi connectivity index (χ2v) is 10.7. The summed E-state index contributed by atoms with van der Waals surface area (Å²) in [5, 5.41) is 13.5. The number of rotatable bonds is 19. The van der Waals surface area contributed by atoms with E-state index in [1.54, 1.807) is 14.2 Å². The first-order chi connectivity index (χ1) is 20.5. The topological polar surface area (TPSA) is 106 Å². The lowest BCUT2D eigenvalue weighted by atomic mass is 10.00. The number of ether oxygens (including phenoxy) is 2. The lowest BCUT2D eigenvalue weighted by molar-refractivity contribution is -0.121. The van der Waals surface area contributed by atoms with Crippen molar-refractivity contribution in [3.63, 3.8) is 0 Å². The van der Waals surface area contributed by atoms with E-state index in [0.29, 0.717) is 43.3 Å². The Labute approximate surface area is 251 Å². The summed E-state index contributed by atoms with van der Waals surface area (Å²) in [6.45, 7) is 0.547. The van der Waals surface area contributed by atoms with Gasteiger partial charge in [-0.25, -0.2) is 0 Å². The van der Waals surface area contributed by atoms with Crippen molar-refractivity contribution in [2.24, 2.45) is 10.7 Å². The SMILES string of the molecule is CN=C(N)Nc1cccc(CCCCCCC[C@H](O)CC(=O)CCc2ccc(OC)c(OCCc3ccccc3)c2)c1. The number of guanidine groups is 1. The number of Topliss-reactive ketones (excluding diaryl/α,β-unsaturated/α-hetero) is 1. The Morgan fingerprint density at radius 3 is 2.38 bits per heavy atom. The third kappa shape index (κ3) is 12.4. The number of benzene rings is 3. The Morgan fingerprint density at radius 2 is 1.60 bits per heavy atom. The lowest BCUT2D eigenvalue weighted by Gasteiger charge is -2.13. The number of aliphatic imine (C=N–C) groups is 1. The smallest absolute Gasteiger partial charge is 0.192 e. The minimum atomic E-state index is -0.570. The van der Waals surface area contributed by atoms with Crippen molar-refractivity contribution < 1.29 is 19.4 Å². The van der Waals surface area contributed by atoms with Gasteiger partial charge >= 0.3 is 0 Å². The Kier molecular flexibility index (Phi) is 14.4. The molecule has 0 aromatic heterocycles. The first-order valence-electron chi connectivity index (χ1n) is 15.1. The van der Waals surface area contributed by atoms with Crippen LogP contribution in [0.3, 0.4) is 0 Å². The predicted molar refractivity (Wildman–Crippen MR) is 172 cm³/mol. The minimum Gasteiger partial charge on any atom is -0.493 e. The second kappa shape index (κ2) is 18.6. The molecule has 0 unspecified atom stereocenters. The molecule has 0 saturated heterocycles. The highest BCUT2D eigenvalue weighted by Crippen LogP contribution is 2.29. The van der Waals surface area contributed by atoms with Gasteiger partial charge in [0.05, 0.1) is 19.8 Å². The van der Waals surface area contributed by atoms with Crippen LogP contribution in [0.2, 0.25) is 0 Å². The summed E-state index contributed by atoms with van der Waals surface area (Å²) >= 11 is 0. The molecular formula is C35H47N3O4. The number of aliphatic hydroxyl groups excluding tert-OH is 1. The van der Waals surface area contributed by atoms with Gasteiger partial charge in [0.15, 0.2) is 17.5 Å². The van der Waals surface area contributed by atoms with Gasteiger partial charge in [0.2, 0.25) is 0 Å². The molecule has 0 fully saturated rings. The number of nitrogens with two attached hydrogens (primary N) is 1. The highest BCUT2D eigenvalue weighted by molar-refractivity contribution is 5.92. The van der Waals surface area contributed by atoms with Crippen molar-refractivity contribution in [3.8, 4) is 11.5 Å². The fraction of sp³-hybridized carbons (Fsp3) is 0.429. The van der Waals surface area contributed by atoms with Crippen LogP contribution in [0.5, 0.6) is 11.5 Å². The van der Waals surface area contributed by atoms with Gasteiger partial charge in [0, 0.05) is 32.0 Å².